The minimum absolute atomic E-state index is 0.0688. The highest BCUT2D eigenvalue weighted by Gasteiger charge is 2.60. The van der Waals surface area contributed by atoms with Gasteiger partial charge in [-0.1, -0.05) is 30.3 Å². The van der Waals surface area contributed by atoms with Crippen LogP contribution in [-0.4, -0.2) is 76.7 Å². The number of hydrogen-bond donors (Lipinski definition) is 3. The lowest BCUT2D eigenvalue weighted by Crippen LogP contribution is -2.42. The molecule has 57 heavy (non-hydrogen) atoms. The molecule has 302 valence electrons. The van der Waals surface area contributed by atoms with Crippen molar-refractivity contribution in [1.82, 2.24) is 19.6 Å². The fourth-order valence-electron chi connectivity index (χ4n) is 5.48. The molecule has 0 saturated carbocycles. The van der Waals surface area contributed by atoms with Crippen LogP contribution in [-0.2, 0) is 41.3 Å². The molecule has 18 nitrogen and oxygen atoms in total. The lowest BCUT2D eigenvalue weighted by atomic mass is 10.1. The number of anilines is 1. The molecule has 0 radical (unpaired) electrons. The number of fused-ring (bicyclic) bond motifs is 1. The molecular weight excluding hydrogens is 779 g/mol. The number of carbonyl (C=O) groups excluding carboxylic acids is 2. The quantitative estimate of drug-likeness (QED) is 0.0884. The van der Waals surface area contributed by atoms with E-state index in [0.29, 0.717) is 32.6 Å². The van der Waals surface area contributed by atoms with Gasteiger partial charge in [-0.3, -0.25) is 24.2 Å². The normalized spacial score (nSPS) is 18.9. The van der Waals surface area contributed by atoms with Gasteiger partial charge in [0.05, 0.1) is 27.0 Å². The molecule has 2 unspecified atom stereocenters. The second kappa shape index (κ2) is 17.5. The van der Waals surface area contributed by atoms with Crippen LogP contribution in [0.5, 0.6) is 17.2 Å². The number of aliphatic hydroxyl groups is 1. The van der Waals surface area contributed by atoms with E-state index in [9.17, 15) is 24.1 Å². The van der Waals surface area contributed by atoms with Crippen molar-refractivity contribution in [2.75, 3.05) is 26.1 Å². The van der Waals surface area contributed by atoms with Crippen molar-refractivity contribution in [2.24, 2.45) is 0 Å². The highest BCUT2D eigenvalue weighted by atomic mass is 31.2. The number of rotatable bonds is 16. The molecule has 2 aromatic carbocycles. The van der Waals surface area contributed by atoms with Crippen LogP contribution in [0.25, 0.3) is 11.0 Å². The number of carbonyl (C=O) groups is 2. The van der Waals surface area contributed by atoms with Crippen LogP contribution in [0.4, 0.5) is 19.4 Å². The van der Waals surface area contributed by atoms with Gasteiger partial charge in [-0.25, -0.2) is 14.2 Å². The minimum atomic E-state index is -4.61. The van der Waals surface area contributed by atoms with Crippen LogP contribution in [0, 0.1) is 0 Å². The maximum Gasteiger partial charge on any atom is 0.459 e. The number of aromatic nitrogens is 3. The van der Waals surface area contributed by atoms with E-state index >= 15 is 8.78 Å². The molecule has 4 heterocycles. The fraction of sp³-hybridized carbons (Fsp3) is 0.306. The Morgan fingerprint density at radius 1 is 1.04 bits per heavy atom. The van der Waals surface area contributed by atoms with E-state index in [1.165, 1.54) is 45.7 Å². The summed E-state index contributed by atoms with van der Waals surface area (Å²) in [6.07, 6.45) is -4.46. The lowest BCUT2D eigenvalue weighted by Gasteiger charge is -2.24. The molecule has 3 N–H and O–H groups in total. The van der Waals surface area contributed by atoms with Crippen LogP contribution >= 0.6 is 7.75 Å². The zero-order valence-corrected chi connectivity index (χ0v) is 31.3. The summed E-state index contributed by atoms with van der Waals surface area (Å²) in [5.41, 5.74) is -0.212. The predicted molar refractivity (Wildman–Crippen MR) is 194 cm³/mol. The third kappa shape index (κ3) is 9.73. The number of halogens is 2. The maximum atomic E-state index is 15.4. The summed E-state index contributed by atoms with van der Waals surface area (Å²) in [7, 11) is -1.67. The molecule has 1 aliphatic heterocycles. The molecule has 21 heteroatoms. The lowest BCUT2D eigenvalue weighted by molar-refractivity contribution is -0.146. The molecule has 0 bridgehead atoms. The van der Waals surface area contributed by atoms with Crippen LogP contribution < -0.4 is 30.1 Å². The topological polar surface area (TPSA) is 221 Å². The van der Waals surface area contributed by atoms with E-state index in [1.807, 2.05) is 0 Å². The van der Waals surface area contributed by atoms with Gasteiger partial charge in [0.1, 0.15) is 41.8 Å². The average molecular weight is 816 g/mol. The summed E-state index contributed by atoms with van der Waals surface area (Å²) in [6.45, 7) is -0.0814. The summed E-state index contributed by atoms with van der Waals surface area (Å²) in [5.74, 6) is -4.21. The molecule has 0 aliphatic carbocycles. The Morgan fingerprint density at radius 2 is 1.82 bits per heavy atom. The van der Waals surface area contributed by atoms with Gasteiger partial charge in [0, 0.05) is 23.8 Å². The van der Waals surface area contributed by atoms with Crippen LogP contribution in [0.3, 0.4) is 0 Å². The van der Waals surface area contributed by atoms with Crippen molar-refractivity contribution in [1.29, 1.82) is 0 Å². The molecule has 3 aromatic heterocycles. The molecule has 1 saturated heterocycles. The van der Waals surface area contributed by atoms with Gasteiger partial charge in [0.2, 0.25) is 6.23 Å². The molecule has 6 rings (SSSR count). The van der Waals surface area contributed by atoms with E-state index < -0.39 is 62.5 Å². The molecule has 5 aromatic rings. The Morgan fingerprint density at radius 3 is 2.53 bits per heavy atom. The second-order valence-corrected chi connectivity index (χ2v) is 14.0. The number of hydrogen-bond acceptors (Lipinski definition) is 15. The highest BCUT2D eigenvalue weighted by molar-refractivity contribution is 7.52. The number of pyridine rings is 1. The third-order valence-electron chi connectivity index (χ3n) is 8.30. The first-order valence-electron chi connectivity index (χ1n) is 17.0. The molecule has 1 aliphatic rings. The number of esters is 1. The molecule has 1 fully saturated rings. The van der Waals surface area contributed by atoms with E-state index in [1.54, 1.807) is 48.5 Å². The Labute approximate surface area is 322 Å². The van der Waals surface area contributed by atoms with Gasteiger partial charge >= 0.3 is 31.4 Å². The van der Waals surface area contributed by atoms with Gasteiger partial charge in [0.25, 0.3) is 0 Å². The zero-order valence-electron chi connectivity index (χ0n) is 30.4. The maximum absolute atomic E-state index is 15.4. The molecular formula is C36H36F2N5O13P. The number of furan rings is 1. The number of nitrogens with zero attached hydrogens (tertiary/aromatic N) is 3. The van der Waals surface area contributed by atoms with Crippen molar-refractivity contribution in [3.8, 4) is 17.2 Å². The second-order valence-electron chi connectivity index (χ2n) is 12.3. The van der Waals surface area contributed by atoms with Gasteiger partial charge in [-0.2, -0.15) is 18.9 Å². The Balaban J connectivity index is 1.08. The Bertz CT molecular complexity index is 2300. The zero-order chi connectivity index (χ0) is 40.7. The van der Waals surface area contributed by atoms with E-state index in [2.05, 4.69) is 20.4 Å². The Kier molecular flexibility index (Phi) is 12.5. The van der Waals surface area contributed by atoms with Crippen molar-refractivity contribution in [3.63, 3.8) is 0 Å². The third-order valence-corrected chi connectivity index (χ3v) is 9.94. The summed E-state index contributed by atoms with van der Waals surface area (Å²) in [6, 6.07) is 16.2. The van der Waals surface area contributed by atoms with Crippen LogP contribution in [0.15, 0.2) is 94.5 Å². The average Bonchev–Trinajstić information content (AvgIpc) is 3.72. The number of aliphatic hydroxyl groups excluding tert-OH is 1. The van der Waals surface area contributed by atoms with Crippen LogP contribution in [0.2, 0.25) is 0 Å². The summed E-state index contributed by atoms with van der Waals surface area (Å²) in [4.78, 5) is 45.6. The van der Waals surface area contributed by atoms with Crippen molar-refractivity contribution in [3.05, 3.63) is 107 Å². The number of alkyl halides is 2. The first kappa shape index (κ1) is 40.7. The minimum Gasteiger partial charge on any atom is -0.497 e. The number of ether oxygens (including phenoxy) is 5. The van der Waals surface area contributed by atoms with Crippen LogP contribution in [0.1, 0.15) is 24.5 Å². The van der Waals surface area contributed by atoms with Gasteiger partial charge in [-0.15, -0.1) is 0 Å². The standard InChI is InChI=1S/C36H36F2N5O13P/c1-21(32(45)51-18-22-8-5-4-6-9-22)42-57(48,56-24-10-7-12-39-17-24)53-20-28-31(44)36(37,38)33(55-28)43-13-11-29(40-34(43)46)41-35(47)52-19-26-15-23-14-25(49-2)16-27(50-3)30(23)54-26/h4-17,21,28,31,33,44H,18-20H2,1-3H3,(H,42,48)(H,40,41,46,47)/t21-,28+,31+,33?,57?/m0/s1. The first-order chi connectivity index (χ1) is 27.3. The van der Waals surface area contributed by atoms with E-state index in [0.717, 1.165) is 12.3 Å². The predicted octanol–water partition coefficient (Wildman–Crippen LogP) is 4.97. The number of amides is 1. The van der Waals surface area contributed by atoms with E-state index in [-0.39, 0.29) is 30.5 Å². The van der Waals surface area contributed by atoms with Gasteiger partial charge in [0.15, 0.2) is 24.0 Å². The number of benzene rings is 2. The highest BCUT2D eigenvalue weighted by Crippen LogP contribution is 2.48. The van der Waals surface area contributed by atoms with E-state index in [4.69, 9.17) is 37.1 Å². The fourth-order valence-corrected chi connectivity index (χ4v) is 6.97. The summed E-state index contributed by atoms with van der Waals surface area (Å²) < 4.78 is 88.2. The molecule has 1 amide bonds. The summed E-state index contributed by atoms with van der Waals surface area (Å²) in [5, 5.41) is 15.8. The number of methoxy groups -OCH3 is 2. The molecule has 0 spiro atoms. The first-order valence-corrected chi connectivity index (χ1v) is 18.5. The molecule has 5 atom stereocenters. The van der Waals surface area contributed by atoms with Gasteiger partial charge < -0.3 is 37.7 Å². The Hall–Kier alpha value is -5.92. The number of nitrogens with one attached hydrogen (secondary N) is 2. The van der Waals surface area contributed by atoms with Crippen molar-refractivity contribution in [2.45, 2.75) is 50.5 Å². The monoisotopic (exact) mass is 815 g/mol. The summed E-state index contributed by atoms with van der Waals surface area (Å²) >= 11 is 0. The SMILES string of the molecule is COc1cc(OC)c2oc(COC(=O)Nc3ccn(C4O[C@H](COP(=O)(N[C@@H](C)C(=O)OCc5ccccc5)Oc5cccnc5)[C@@H](O)C4(F)F)c(=O)n3)cc2c1. The van der Waals surface area contributed by atoms with Crippen molar-refractivity contribution >= 4 is 36.6 Å². The van der Waals surface area contributed by atoms with Gasteiger partial charge in [-0.05, 0) is 42.8 Å². The smallest absolute Gasteiger partial charge is 0.459 e. The largest absolute Gasteiger partial charge is 0.497 e. The van der Waals surface area contributed by atoms with Crippen molar-refractivity contribution < 1.29 is 65.2 Å².